The third-order valence-electron chi connectivity index (χ3n) is 3.30. The monoisotopic (exact) mass is 258 g/mol. The van der Waals surface area contributed by atoms with E-state index in [1.54, 1.807) is 0 Å². The topological polar surface area (TPSA) is 15.3 Å². The predicted octanol–water partition coefficient (Wildman–Crippen LogP) is 3.00. The van der Waals surface area contributed by atoms with Crippen molar-refractivity contribution in [2.24, 2.45) is 0 Å². The lowest BCUT2D eigenvalue weighted by atomic mass is 10.1. The van der Waals surface area contributed by atoms with E-state index in [1.165, 1.54) is 0 Å². The maximum absolute atomic E-state index is 13.5. The van der Waals surface area contributed by atoms with Crippen molar-refractivity contribution >= 4 is 5.69 Å². The van der Waals surface area contributed by atoms with Crippen LogP contribution in [0.2, 0.25) is 0 Å². The maximum Gasteiger partial charge on any atom is 0.182 e. The summed E-state index contributed by atoms with van der Waals surface area (Å²) in [7, 11) is 2.03. The number of halogens is 3. The second-order valence-electron chi connectivity index (χ2n) is 4.82. The summed E-state index contributed by atoms with van der Waals surface area (Å²) < 4.78 is 39.6. The summed E-state index contributed by atoms with van der Waals surface area (Å²) in [6.45, 7) is 1.90. The van der Waals surface area contributed by atoms with E-state index in [0.717, 1.165) is 38.4 Å². The Bertz CT molecular complexity index is 423. The third-order valence-corrected chi connectivity index (χ3v) is 3.30. The summed E-state index contributed by atoms with van der Waals surface area (Å²) in [5, 5.41) is 2.91. The van der Waals surface area contributed by atoms with Crippen LogP contribution >= 0.6 is 0 Å². The van der Waals surface area contributed by atoms with E-state index in [9.17, 15) is 13.2 Å². The minimum Gasteiger partial charge on any atom is -0.380 e. The summed E-state index contributed by atoms with van der Waals surface area (Å²) in [6, 6.07) is 1.62. The molecule has 1 heterocycles. The van der Waals surface area contributed by atoms with E-state index in [2.05, 4.69) is 10.2 Å². The molecule has 0 aromatic heterocycles. The van der Waals surface area contributed by atoms with E-state index >= 15 is 0 Å². The van der Waals surface area contributed by atoms with Crippen molar-refractivity contribution in [3.63, 3.8) is 0 Å². The van der Waals surface area contributed by atoms with Crippen molar-refractivity contribution in [1.29, 1.82) is 0 Å². The van der Waals surface area contributed by atoms with Crippen molar-refractivity contribution in [2.75, 3.05) is 25.5 Å². The van der Waals surface area contributed by atoms with Gasteiger partial charge in [0.05, 0.1) is 5.69 Å². The first-order chi connectivity index (χ1) is 8.56. The van der Waals surface area contributed by atoms with Gasteiger partial charge in [-0.05, 0) is 39.4 Å². The molecule has 0 aliphatic carbocycles. The van der Waals surface area contributed by atoms with Crippen LogP contribution in [0.25, 0.3) is 0 Å². The standard InChI is InChI=1S/C13H17F3N2/c1-18-5-2-3-10(4-6-18)17-12-8-9(14)7-11(15)13(12)16/h7-8,10,17H,2-6H2,1H3. The molecule has 2 rings (SSSR count). The lowest BCUT2D eigenvalue weighted by Crippen LogP contribution is -2.23. The molecule has 1 fully saturated rings. The molecule has 1 atom stereocenters. The van der Waals surface area contributed by atoms with Gasteiger partial charge >= 0.3 is 0 Å². The first-order valence-corrected chi connectivity index (χ1v) is 6.16. The molecule has 1 aromatic rings. The highest BCUT2D eigenvalue weighted by Crippen LogP contribution is 2.22. The normalized spacial score (nSPS) is 21.7. The Hall–Kier alpha value is -1.23. The number of rotatable bonds is 2. The van der Waals surface area contributed by atoms with E-state index in [0.29, 0.717) is 6.07 Å². The average Bonchev–Trinajstić information content (AvgIpc) is 2.51. The molecule has 1 aliphatic heterocycles. The van der Waals surface area contributed by atoms with E-state index in [-0.39, 0.29) is 11.7 Å². The van der Waals surface area contributed by atoms with Crippen molar-refractivity contribution in [2.45, 2.75) is 25.3 Å². The minimum atomic E-state index is -1.15. The molecule has 2 nitrogen and oxygen atoms in total. The lowest BCUT2D eigenvalue weighted by Gasteiger charge is -2.18. The number of likely N-dealkylation sites (tertiary alicyclic amines) is 1. The molecule has 1 N–H and O–H groups in total. The number of hydrogen-bond donors (Lipinski definition) is 1. The third kappa shape index (κ3) is 3.16. The van der Waals surface area contributed by atoms with Crippen LogP contribution in [0.5, 0.6) is 0 Å². The molecule has 0 spiro atoms. The molecular formula is C13H17F3N2. The highest BCUT2D eigenvalue weighted by atomic mass is 19.2. The van der Waals surface area contributed by atoms with Crippen LogP contribution in [0.3, 0.4) is 0 Å². The first-order valence-electron chi connectivity index (χ1n) is 6.16. The van der Waals surface area contributed by atoms with Crippen LogP contribution in [0, 0.1) is 17.5 Å². The molecule has 100 valence electrons. The number of nitrogens with one attached hydrogen (secondary N) is 1. The fraction of sp³-hybridized carbons (Fsp3) is 0.538. The summed E-state index contributed by atoms with van der Waals surface area (Å²) in [4.78, 5) is 2.20. The summed E-state index contributed by atoms with van der Waals surface area (Å²) in [5.41, 5.74) is -0.0814. The van der Waals surface area contributed by atoms with Gasteiger partial charge in [-0.25, -0.2) is 13.2 Å². The van der Waals surface area contributed by atoms with Gasteiger partial charge in [-0.15, -0.1) is 0 Å². The van der Waals surface area contributed by atoms with Crippen molar-refractivity contribution in [1.82, 2.24) is 4.90 Å². The predicted molar refractivity (Wildman–Crippen MR) is 65.1 cm³/mol. The molecule has 0 amide bonds. The van der Waals surface area contributed by atoms with E-state index in [4.69, 9.17) is 0 Å². The van der Waals surface area contributed by atoms with Crippen LogP contribution in [-0.2, 0) is 0 Å². The summed E-state index contributed by atoms with van der Waals surface area (Å²) >= 11 is 0. The van der Waals surface area contributed by atoms with Crippen molar-refractivity contribution in [3.8, 4) is 0 Å². The molecule has 0 saturated carbocycles. The van der Waals surface area contributed by atoms with Gasteiger partial charge in [0, 0.05) is 18.2 Å². The fourth-order valence-electron chi connectivity index (χ4n) is 2.27. The van der Waals surface area contributed by atoms with Crippen LogP contribution in [-0.4, -0.2) is 31.1 Å². The maximum atomic E-state index is 13.5. The highest BCUT2D eigenvalue weighted by Gasteiger charge is 2.18. The number of nitrogens with zero attached hydrogens (tertiary/aromatic N) is 1. The molecule has 1 aromatic carbocycles. The van der Waals surface area contributed by atoms with Crippen LogP contribution in [0.1, 0.15) is 19.3 Å². The molecule has 1 unspecified atom stereocenters. The summed E-state index contributed by atoms with van der Waals surface area (Å²) in [5.74, 6) is -2.92. The van der Waals surface area contributed by atoms with Crippen LogP contribution in [0.15, 0.2) is 12.1 Å². The molecule has 1 saturated heterocycles. The average molecular weight is 258 g/mol. The summed E-state index contributed by atoms with van der Waals surface area (Å²) in [6.07, 6.45) is 2.71. The molecule has 18 heavy (non-hydrogen) atoms. The Morgan fingerprint density at radius 1 is 1.17 bits per heavy atom. The quantitative estimate of drug-likeness (QED) is 0.820. The zero-order valence-electron chi connectivity index (χ0n) is 10.3. The zero-order valence-corrected chi connectivity index (χ0v) is 10.3. The smallest absolute Gasteiger partial charge is 0.182 e. The Balaban J connectivity index is 2.09. The van der Waals surface area contributed by atoms with Crippen molar-refractivity contribution in [3.05, 3.63) is 29.6 Å². The van der Waals surface area contributed by atoms with E-state index in [1.807, 2.05) is 7.05 Å². The van der Waals surface area contributed by atoms with Crippen LogP contribution < -0.4 is 5.32 Å². The van der Waals surface area contributed by atoms with Gasteiger partial charge in [0.25, 0.3) is 0 Å². The van der Waals surface area contributed by atoms with E-state index < -0.39 is 17.5 Å². The molecule has 1 aliphatic rings. The van der Waals surface area contributed by atoms with Gasteiger partial charge in [-0.3, -0.25) is 0 Å². The molecule has 0 bridgehead atoms. The Morgan fingerprint density at radius 3 is 2.72 bits per heavy atom. The fourth-order valence-corrected chi connectivity index (χ4v) is 2.27. The van der Waals surface area contributed by atoms with Gasteiger partial charge in [0.1, 0.15) is 5.82 Å². The van der Waals surface area contributed by atoms with Gasteiger partial charge in [0.15, 0.2) is 11.6 Å². The Labute approximate surface area is 105 Å². The zero-order chi connectivity index (χ0) is 13.1. The molecule has 5 heteroatoms. The molecular weight excluding hydrogens is 241 g/mol. The van der Waals surface area contributed by atoms with Crippen LogP contribution in [0.4, 0.5) is 18.9 Å². The van der Waals surface area contributed by atoms with Gasteiger partial charge in [-0.2, -0.15) is 0 Å². The first kappa shape index (κ1) is 13.2. The lowest BCUT2D eigenvalue weighted by molar-refractivity contribution is 0.348. The van der Waals surface area contributed by atoms with Gasteiger partial charge in [-0.1, -0.05) is 0 Å². The van der Waals surface area contributed by atoms with Crippen molar-refractivity contribution < 1.29 is 13.2 Å². The number of benzene rings is 1. The number of anilines is 1. The van der Waals surface area contributed by atoms with Gasteiger partial charge < -0.3 is 10.2 Å². The highest BCUT2D eigenvalue weighted by molar-refractivity contribution is 5.46. The Kier molecular flexibility index (Phi) is 4.11. The number of hydrogen-bond acceptors (Lipinski definition) is 2. The Morgan fingerprint density at radius 2 is 1.94 bits per heavy atom. The second kappa shape index (κ2) is 5.61. The largest absolute Gasteiger partial charge is 0.380 e. The second-order valence-corrected chi connectivity index (χ2v) is 4.82. The van der Waals surface area contributed by atoms with Gasteiger partial charge in [0.2, 0.25) is 0 Å². The SMILES string of the molecule is CN1CCCC(Nc2cc(F)cc(F)c2F)CC1. The minimum absolute atomic E-state index is 0.0608. The molecule has 0 radical (unpaired) electrons.